The van der Waals surface area contributed by atoms with Gasteiger partial charge in [0.25, 0.3) is 0 Å². The molecule has 1 amide bonds. The van der Waals surface area contributed by atoms with E-state index in [1.165, 1.54) is 12.1 Å². The van der Waals surface area contributed by atoms with Gasteiger partial charge in [-0.25, -0.2) is 9.18 Å². The van der Waals surface area contributed by atoms with Crippen LogP contribution in [0.1, 0.15) is 32.4 Å². The monoisotopic (exact) mass is 333 g/mol. The van der Waals surface area contributed by atoms with E-state index in [-0.39, 0.29) is 6.61 Å². The van der Waals surface area contributed by atoms with Crippen molar-refractivity contribution in [3.8, 4) is 0 Å². The van der Waals surface area contributed by atoms with Gasteiger partial charge in [0, 0.05) is 0 Å². The van der Waals surface area contributed by atoms with Crippen LogP contribution in [-0.4, -0.2) is 23.4 Å². The summed E-state index contributed by atoms with van der Waals surface area (Å²) in [6, 6.07) is 3.68. The number of nitrogens with one attached hydrogen (secondary N) is 1. The van der Waals surface area contributed by atoms with Gasteiger partial charge in [0.2, 0.25) is 0 Å². The third kappa shape index (κ3) is 5.16. The molecule has 0 radical (unpaired) electrons. The van der Waals surface area contributed by atoms with Gasteiger partial charge in [-0.3, -0.25) is 0 Å². The fourth-order valence-electron chi connectivity index (χ4n) is 1.41. The molecule has 0 saturated heterocycles. The van der Waals surface area contributed by atoms with Crippen molar-refractivity contribution in [3.05, 3.63) is 34.1 Å². The summed E-state index contributed by atoms with van der Waals surface area (Å²) in [5, 5.41) is 11.8. The number of aliphatic hydroxyl groups is 1. The van der Waals surface area contributed by atoms with Crippen LogP contribution < -0.4 is 5.32 Å². The van der Waals surface area contributed by atoms with Gasteiger partial charge >= 0.3 is 6.09 Å². The van der Waals surface area contributed by atoms with Crippen molar-refractivity contribution in [1.82, 2.24) is 5.32 Å². The quantitative estimate of drug-likeness (QED) is 0.893. The van der Waals surface area contributed by atoms with Gasteiger partial charge in [0.15, 0.2) is 0 Å². The van der Waals surface area contributed by atoms with E-state index >= 15 is 0 Å². The van der Waals surface area contributed by atoms with E-state index in [4.69, 9.17) is 4.74 Å². The van der Waals surface area contributed by atoms with Crippen molar-refractivity contribution in [3.63, 3.8) is 0 Å². The van der Waals surface area contributed by atoms with E-state index < -0.39 is 23.6 Å². The SMILES string of the molecule is CC(C)(C)OC(=O)NC(CO)c1ccc(Br)c(F)c1. The van der Waals surface area contributed by atoms with Gasteiger partial charge in [-0.15, -0.1) is 0 Å². The molecule has 0 aliphatic heterocycles. The minimum atomic E-state index is -0.711. The first kappa shape index (κ1) is 15.9. The maximum absolute atomic E-state index is 13.4. The number of carbonyl (C=O) groups is 1. The van der Waals surface area contributed by atoms with Crippen LogP contribution in [0.4, 0.5) is 9.18 Å². The van der Waals surface area contributed by atoms with Gasteiger partial charge in [-0.2, -0.15) is 0 Å². The summed E-state index contributed by atoms with van der Waals surface area (Å²) in [5.41, 5.74) is -0.163. The van der Waals surface area contributed by atoms with E-state index in [1.54, 1.807) is 26.8 Å². The largest absolute Gasteiger partial charge is 0.444 e. The Hall–Kier alpha value is -1.14. The molecule has 1 aromatic carbocycles. The number of carbonyl (C=O) groups excluding carboxylic acids is 1. The molecule has 0 fully saturated rings. The van der Waals surface area contributed by atoms with E-state index in [9.17, 15) is 14.3 Å². The molecule has 0 bridgehead atoms. The number of amides is 1. The van der Waals surface area contributed by atoms with Crippen LogP contribution in [0.25, 0.3) is 0 Å². The Morgan fingerprint density at radius 2 is 2.16 bits per heavy atom. The summed E-state index contributed by atoms with van der Waals surface area (Å²) in [5.74, 6) is -0.457. The average Bonchev–Trinajstić information content (AvgIpc) is 2.27. The fraction of sp³-hybridized carbons (Fsp3) is 0.462. The standard InChI is InChI=1S/C13H17BrFNO3/c1-13(2,3)19-12(18)16-11(7-17)8-4-5-9(14)10(15)6-8/h4-6,11,17H,7H2,1-3H3,(H,16,18). The maximum Gasteiger partial charge on any atom is 0.408 e. The first-order chi connectivity index (χ1) is 8.73. The van der Waals surface area contributed by atoms with Crippen LogP contribution in [0.2, 0.25) is 0 Å². The maximum atomic E-state index is 13.4. The molecule has 0 aliphatic carbocycles. The fourth-order valence-corrected chi connectivity index (χ4v) is 1.66. The molecule has 19 heavy (non-hydrogen) atoms. The van der Waals surface area contributed by atoms with E-state index in [1.807, 2.05) is 0 Å². The predicted octanol–water partition coefficient (Wildman–Crippen LogP) is 3.15. The molecule has 6 heteroatoms. The van der Waals surface area contributed by atoms with Crippen molar-refractivity contribution in [1.29, 1.82) is 0 Å². The lowest BCUT2D eigenvalue weighted by Gasteiger charge is -2.23. The molecule has 0 saturated carbocycles. The zero-order valence-electron chi connectivity index (χ0n) is 11.0. The lowest BCUT2D eigenvalue weighted by Crippen LogP contribution is -2.36. The molecule has 0 heterocycles. The molecule has 0 aliphatic rings. The second kappa shape index (κ2) is 6.34. The minimum absolute atomic E-state index is 0.324. The van der Waals surface area contributed by atoms with Crippen molar-refractivity contribution in [2.75, 3.05) is 6.61 Å². The molecular formula is C13H17BrFNO3. The molecule has 2 N–H and O–H groups in total. The molecule has 0 spiro atoms. The zero-order chi connectivity index (χ0) is 14.6. The molecule has 1 atom stereocenters. The summed E-state index contributed by atoms with van der Waals surface area (Å²) in [7, 11) is 0. The molecule has 1 aromatic rings. The normalized spacial score (nSPS) is 12.9. The van der Waals surface area contributed by atoms with Crippen molar-refractivity contribution in [2.24, 2.45) is 0 Å². The Morgan fingerprint density at radius 1 is 1.53 bits per heavy atom. The van der Waals surface area contributed by atoms with Crippen LogP contribution in [-0.2, 0) is 4.74 Å². The van der Waals surface area contributed by atoms with Crippen LogP contribution >= 0.6 is 15.9 Å². The number of aliphatic hydroxyl groups excluding tert-OH is 1. The van der Waals surface area contributed by atoms with Gasteiger partial charge in [-0.1, -0.05) is 6.07 Å². The first-order valence-corrected chi connectivity index (χ1v) is 6.57. The van der Waals surface area contributed by atoms with E-state index in [0.29, 0.717) is 10.0 Å². The van der Waals surface area contributed by atoms with Crippen LogP contribution in [0, 0.1) is 5.82 Å². The van der Waals surface area contributed by atoms with Gasteiger partial charge in [0.1, 0.15) is 11.4 Å². The second-order valence-electron chi connectivity index (χ2n) is 5.05. The Kier molecular flexibility index (Phi) is 5.31. The Morgan fingerprint density at radius 3 is 2.63 bits per heavy atom. The first-order valence-electron chi connectivity index (χ1n) is 5.78. The topological polar surface area (TPSA) is 58.6 Å². The van der Waals surface area contributed by atoms with E-state index in [0.717, 1.165) is 0 Å². The summed E-state index contributed by atoms with van der Waals surface area (Å²) in [6.07, 6.45) is -0.658. The summed E-state index contributed by atoms with van der Waals surface area (Å²) < 4.78 is 18.8. The number of benzene rings is 1. The number of ether oxygens (including phenoxy) is 1. The summed E-state index contributed by atoms with van der Waals surface area (Å²) in [6.45, 7) is 4.86. The van der Waals surface area contributed by atoms with Crippen LogP contribution in [0.15, 0.2) is 22.7 Å². The predicted molar refractivity (Wildman–Crippen MR) is 73.3 cm³/mol. The van der Waals surface area contributed by atoms with Crippen molar-refractivity contribution in [2.45, 2.75) is 32.4 Å². The smallest absolute Gasteiger partial charge is 0.408 e. The minimum Gasteiger partial charge on any atom is -0.444 e. The third-order valence-corrected chi connectivity index (χ3v) is 2.86. The van der Waals surface area contributed by atoms with Crippen LogP contribution in [0.3, 0.4) is 0 Å². The zero-order valence-corrected chi connectivity index (χ0v) is 12.6. The molecule has 1 unspecified atom stereocenters. The highest BCUT2D eigenvalue weighted by Gasteiger charge is 2.20. The number of rotatable bonds is 3. The second-order valence-corrected chi connectivity index (χ2v) is 5.91. The average molecular weight is 334 g/mol. The van der Waals surface area contributed by atoms with E-state index in [2.05, 4.69) is 21.2 Å². The van der Waals surface area contributed by atoms with Crippen LogP contribution in [0.5, 0.6) is 0 Å². The summed E-state index contributed by atoms with van der Waals surface area (Å²) >= 11 is 3.04. The molecule has 1 rings (SSSR count). The lowest BCUT2D eigenvalue weighted by molar-refractivity contribution is 0.0481. The number of hydrogen-bond acceptors (Lipinski definition) is 3. The lowest BCUT2D eigenvalue weighted by atomic mass is 10.1. The molecule has 0 aromatic heterocycles. The number of alkyl carbamates (subject to hydrolysis) is 1. The van der Waals surface area contributed by atoms with Gasteiger partial charge < -0.3 is 15.2 Å². The molecule has 4 nitrogen and oxygen atoms in total. The summed E-state index contributed by atoms with van der Waals surface area (Å²) in [4.78, 5) is 11.6. The number of hydrogen-bond donors (Lipinski definition) is 2. The molecule has 106 valence electrons. The Balaban J connectivity index is 2.78. The Bertz CT molecular complexity index is 460. The molecular weight excluding hydrogens is 317 g/mol. The van der Waals surface area contributed by atoms with Gasteiger partial charge in [-0.05, 0) is 54.4 Å². The van der Waals surface area contributed by atoms with Crippen molar-refractivity contribution < 1.29 is 19.0 Å². The highest BCUT2D eigenvalue weighted by atomic mass is 79.9. The number of halogens is 2. The highest BCUT2D eigenvalue weighted by Crippen LogP contribution is 2.21. The van der Waals surface area contributed by atoms with Gasteiger partial charge in [0.05, 0.1) is 17.1 Å². The van der Waals surface area contributed by atoms with Crippen molar-refractivity contribution >= 4 is 22.0 Å². The third-order valence-electron chi connectivity index (χ3n) is 2.22. The Labute approximate surface area is 120 Å². The highest BCUT2D eigenvalue weighted by molar-refractivity contribution is 9.10.